The molecule has 0 spiro atoms. The van der Waals surface area contributed by atoms with Crippen LogP contribution >= 0.6 is 23.2 Å². The first-order valence-corrected chi connectivity index (χ1v) is 8.23. The lowest BCUT2D eigenvalue weighted by atomic mass is 9.97. The molecular formula is C18H17Cl2NO3. The second-order valence-electron chi connectivity index (χ2n) is 5.15. The van der Waals surface area contributed by atoms with Gasteiger partial charge in [0.15, 0.2) is 6.61 Å². The zero-order chi connectivity index (χ0) is 17.5. The molecule has 6 heteroatoms. The van der Waals surface area contributed by atoms with E-state index in [0.717, 1.165) is 5.56 Å². The van der Waals surface area contributed by atoms with Crippen LogP contribution in [-0.4, -0.2) is 18.5 Å². The number of halogens is 2. The summed E-state index contributed by atoms with van der Waals surface area (Å²) in [4.78, 5) is 24.1. The summed E-state index contributed by atoms with van der Waals surface area (Å²) in [5.41, 5.74) is 1.28. The van der Waals surface area contributed by atoms with Crippen molar-refractivity contribution in [3.8, 4) is 0 Å². The van der Waals surface area contributed by atoms with Crippen molar-refractivity contribution in [2.45, 2.75) is 19.3 Å². The molecule has 0 aromatic heterocycles. The lowest BCUT2D eigenvalue weighted by molar-refractivity contribution is -0.149. The summed E-state index contributed by atoms with van der Waals surface area (Å²) in [6.45, 7) is 1.52. The Morgan fingerprint density at radius 3 is 2.46 bits per heavy atom. The smallest absolute Gasteiger partial charge is 0.313 e. The second-order valence-corrected chi connectivity index (χ2v) is 6.00. The van der Waals surface area contributed by atoms with Crippen LogP contribution in [-0.2, 0) is 14.3 Å². The highest BCUT2D eigenvalue weighted by molar-refractivity contribution is 6.36. The fourth-order valence-electron chi connectivity index (χ4n) is 2.24. The normalized spacial score (nSPS) is 11.6. The molecule has 0 aliphatic rings. The molecule has 2 rings (SSSR count). The van der Waals surface area contributed by atoms with Gasteiger partial charge in [-0.25, -0.2) is 0 Å². The van der Waals surface area contributed by atoms with Gasteiger partial charge in [-0.1, -0.05) is 60.5 Å². The summed E-state index contributed by atoms with van der Waals surface area (Å²) in [5, 5.41) is 3.37. The van der Waals surface area contributed by atoms with Crippen molar-refractivity contribution in [3.63, 3.8) is 0 Å². The molecule has 0 aliphatic heterocycles. The van der Waals surface area contributed by atoms with Crippen LogP contribution in [0.25, 0.3) is 0 Å². The minimum atomic E-state index is -0.463. The topological polar surface area (TPSA) is 55.4 Å². The number of amides is 1. The predicted octanol–water partition coefficient (Wildman–Crippen LogP) is 4.67. The maximum Gasteiger partial charge on any atom is 0.313 e. The Hall–Kier alpha value is -2.04. The second kappa shape index (κ2) is 8.71. The van der Waals surface area contributed by atoms with E-state index in [4.69, 9.17) is 27.9 Å². The number of anilines is 1. The monoisotopic (exact) mass is 365 g/mol. The first kappa shape index (κ1) is 18.3. The molecule has 0 saturated heterocycles. The van der Waals surface area contributed by atoms with Crippen molar-refractivity contribution in [1.29, 1.82) is 0 Å². The average Bonchev–Trinajstić information content (AvgIpc) is 2.57. The Bertz CT molecular complexity index is 719. The van der Waals surface area contributed by atoms with Gasteiger partial charge in [-0.05, 0) is 30.2 Å². The molecule has 2 aromatic carbocycles. The Morgan fingerprint density at radius 2 is 1.83 bits per heavy atom. The van der Waals surface area contributed by atoms with Gasteiger partial charge in [0.05, 0.1) is 16.6 Å². The van der Waals surface area contributed by atoms with Crippen LogP contribution in [0.15, 0.2) is 48.5 Å². The fourth-order valence-corrected chi connectivity index (χ4v) is 2.69. The van der Waals surface area contributed by atoms with Gasteiger partial charge in [0.2, 0.25) is 0 Å². The molecule has 0 heterocycles. The molecule has 0 aliphatic carbocycles. The van der Waals surface area contributed by atoms with Gasteiger partial charge in [-0.2, -0.15) is 0 Å². The van der Waals surface area contributed by atoms with E-state index in [2.05, 4.69) is 5.32 Å². The Kier molecular flexibility index (Phi) is 6.64. The highest BCUT2D eigenvalue weighted by atomic mass is 35.5. The minimum absolute atomic E-state index is 0.317. The largest absolute Gasteiger partial charge is 0.455 e. The first-order chi connectivity index (χ1) is 11.5. The van der Waals surface area contributed by atoms with Gasteiger partial charge >= 0.3 is 5.97 Å². The molecule has 0 fully saturated rings. The third-order valence-electron chi connectivity index (χ3n) is 3.45. The van der Waals surface area contributed by atoms with E-state index in [1.165, 1.54) is 6.07 Å². The number of carbonyl (C=O) groups excluding carboxylic acids is 2. The number of rotatable bonds is 6. The molecular weight excluding hydrogens is 349 g/mol. The van der Waals surface area contributed by atoms with Crippen LogP contribution in [0.4, 0.5) is 5.69 Å². The van der Waals surface area contributed by atoms with Crippen molar-refractivity contribution in [2.24, 2.45) is 0 Å². The van der Waals surface area contributed by atoms with Gasteiger partial charge in [0.25, 0.3) is 5.91 Å². The Labute approximate surface area is 150 Å². The number of hydrogen-bond donors (Lipinski definition) is 1. The van der Waals surface area contributed by atoms with Crippen LogP contribution in [0, 0.1) is 0 Å². The van der Waals surface area contributed by atoms with E-state index in [-0.39, 0.29) is 6.61 Å². The molecule has 0 saturated carbocycles. The molecule has 126 valence electrons. The van der Waals surface area contributed by atoms with Crippen LogP contribution in [0.3, 0.4) is 0 Å². The van der Waals surface area contributed by atoms with E-state index in [1.807, 2.05) is 37.3 Å². The van der Waals surface area contributed by atoms with E-state index >= 15 is 0 Å². The summed E-state index contributed by atoms with van der Waals surface area (Å²) in [7, 11) is 0. The molecule has 0 unspecified atom stereocenters. The van der Waals surface area contributed by atoms with Crippen LogP contribution in [0.5, 0.6) is 0 Å². The summed E-state index contributed by atoms with van der Waals surface area (Å²) in [5.74, 6) is -1.28. The van der Waals surface area contributed by atoms with E-state index < -0.39 is 17.8 Å². The number of carbonyl (C=O) groups is 2. The van der Waals surface area contributed by atoms with E-state index in [1.54, 1.807) is 12.1 Å². The van der Waals surface area contributed by atoms with Gasteiger partial charge in [0.1, 0.15) is 0 Å². The highest BCUT2D eigenvalue weighted by Crippen LogP contribution is 2.25. The Balaban J connectivity index is 1.92. The van der Waals surface area contributed by atoms with Gasteiger partial charge in [0, 0.05) is 5.02 Å². The number of benzene rings is 2. The van der Waals surface area contributed by atoms with Gasteiger partial charge in [-0.3, -0.25) is 9.59 Å². The van der Waals surface area contributed by atoms with Gasteiger partial charge in [-0.15, -0.1) is 0 Å². The van der Waals surface area contributed by atoms with E-state index in [0.29, 0.717) is 22.2 Å². The summed E-state index contributed by atoms with van der Waals surface area (Å²) in [6, 6.07) is 14.0. The SMILES string of the molecule is CC[C@H](C(=O)OCC(=O)Nc1ccc(Cl)cc1Cl)c1ccccc1. The third-order valence-corrected chi connectivity index (χ3v) is 3.99. The molecule has 1 atom stereocenters. The molecule has 1 N–H and O–H groups in total. The number of esters is 1. The highest BCUT2D eigenvalue weighted by Gasteiger charge is 2.21. The van der Waals surface area contributed by atoms with Crippen LogP contribution < -0.4 is 5.32 Å². The standard InChI is InChI=1S/C18H17Cl2NO3/c1-2-14(12-6-4-3-5-7-12)18(23)24-11-17(22)21-16-9-8-13(19)10-15(16)20/h3-10,14H,2,11H2,1H3,(H,21,22)/t14-/m0/s1. The van der Waals surface area contributed by atoms with Crippen molar-refractivity contribution in [2.75, 3.05) is 11.9 Å². The van der Waals surface area contributed by atoms with Crippen molar-refractivity contribution in [1.82, 2.24) is 0 Å². The third kappa shape index (κ3) is 4.98. The molecule has 24 heavy (non-hydrogen) atoms. The molecule has 4 nitrogen and oxygen atoms in total. The first-order valence-electron chi connectivity index (χ1n) is 7.47. The lowest BCUT2D eigenvalue weighted by Gasteiger charge is -2.14. The Morgan fingerprint density at radius 1 is 1.12 bits per heavy atom. The fraction of sp³-hybridized carbons (Fsp3) is 0.222. The van der Waals surface area contributed by atoms with Crippen molar-refractivity contribution < 1.29 is 14.3 Å². The van der Waals surface area contributed by atoms with E-state index in [9.17, 15) is 9.59 Å². The quantitative estimate of drug-likeness (QED) is 0.756. The molecule has 0 radical (unpaired) electrons. The molecule has 2 aromatic rings. The van der Waals surface area contributed by atoms with Crippen molar-refractivity contribution >= 4 is 40.8 Å². The predicted molar refractivity (Wildman–Crippen MR) is 95.5 cm³/mol. The molecule has 0 bridgehead atoms. The zero-order valence-electron chi connectivity index (χ0n) is 13.1. The summed E-state index contributed by atoms with van der Waals surface area (Å²) < 4.78 is 5.13. The maximum atomic E-state index is 12.2. The van der Waals surface area contributed by atoms with Crippen LogP contribution in [0.1, 0.15) is 24.8 Å². The van der Waals surface area contributed by atoms with Crippen molar-refractivity contribution in [3.05, 3.63) is 64.1 Å². The lowest BCUT2D eigenvalue weighted by Crippen LogP contribution is -2.24. The summed E-state index contributed by atoms with van der Waals surface area (Å²) >= 11 is 11.8. The number of hydrogen-bond acceptors (Lipinski definition) is 3. The zero-order valence-corrected chi connectivity index (χ0v) is 14.6. The van der Waals surface area contributed by atoms with Gasteiger partial charge < -0.3 is 10.1 Å². The van der Waals surface area contributed by atoms with Crippen LogP contribution in [0.2, 0.25) is 10.0 Å². The minimum Gasteiger partial charge on any atom is -0.455 e. The molecule has 1 amide bonds. The summed E-state index contributed by atoms with van der Waals surface area (Å²) in [6.07, 6.45) is 0.591. The average molecular weight is 366 g/mol. The number of nitrogens with one attached hydrogen (secondary N) is 1. The number of ether oxygens (including phenoxy) is 1. The maximum absolute atomic E-state index is 12.2.